The minimum absolute atomic E-state index is 0.00416. The number of amides is 3. The first-order valence-corrected chi connectivity index (χ1v) is 8.51. The summed E-state index contributed by atoms with van der Waals surface area (Å²) in [5.41, 5.74) is 0.536. The predicted octanol–water partition coefficient (Wildman–Crippen LogP) is 1.25. The van der Waals surface area contributed by atoms with E-state index in [-0.39, 0.29) is 37.2 Å². The molecule has 0 aromatic heterocycles. The fraction of sp³-hybridized carbons (Fsp3) is 0.500. The normalized spacial score (nSPS) is 10.2. The van der Waals surface area contributed by atoms with E-state index in [1.807, 2.05) is 13.8 Å². The molecule has 0 spiro atoms. The monoisotopic (exact) mass is 351 g/mol. The number of nitrogens with one attached hydrogen (secondary N) is 2. The highest BCUT2D eigenvalue weighted by Gasteiger charge is 2.17. The Labute approximate surface area is 147 Å². The first-order chi connectivity index (χ1) is 12.0. The van der Waals surface area contributed by atoms with Crippen LogP contribution in [0.15, 0.2) is 24.3 Å². The van der Waals surface area contributed by atoms with Gasteiger partial charge in [0.25, 0.3) is 0 Å². The second-order valence-electron chi connectivity index (χ2n) is 5.75. The van der Waals surface area contributed by atoms with Crippen LogP contribution < -0.4 is 10.6 Å². The van der Waals surface area contributed by atoms with Gasteiger partial charge in [0.05, 0.1) is 19.5 Å². The smallest absolute Gasteiger partial charge is 0.242 e. The molecule has 1 aromatic carbocycles. The Morgan fingerprint density at radius 3 is 2.48 bits per heavy atom. The van der Waals surface area contributed by atoms with Gasteiger partial charge in [-0.2, -0.15) is 0 Å². The molecule has 0 saturated heterocycles. The lowest BCUT2D eigenvalue weighted by molar-refractivity contribution is -0.136. The van der Waals surface area contributed by atoms with Crippen molar-refractivity contribution in [3.8, 4) is 0 Å². The lowest BCUT2D eigenvalue weighted by Crippen LogP contribution is -2.45. The van der Waals surface area contributed by atoms with Crippen molar-refractivity contribution in [3.05, 3.63) is 35.6 Å². The first kappa shape index (κ1) is 20.6. The van der Waals surface area contributed by atoms with E-state index in [0.29, 0.717) is 25.1 Å². The summed E-state index contributed by atoms with van der Waals surface area (Å²) >= 11 is 0. The summed E-state index contributed by atoms with van der Waals surface area (Å²) < 4.78 is 13.1. The third kappa shape index (κ3) is 8.28. The van der Waals surface area contributed by atoms with E-state index >= 15 is 0 Å². The minimum atomic E-state index is -0.409. The van der Waals surface area contributed by atoms with Crippen LogP contribution in [0.4, 0.5) is 4.39 Å². The van der Waals surface area contributed by atoms with Crippen LogP contribution in [-0.4, -0.2) is 48.8 Å². The van der Waals surface area contributed by atoms with Crippen LogP contribution in [0.2, 0.25) is 0 Å². The zero-order valence-corrected chi connectivity index (χ0v) is 14.8. The molecule has 1 aromatic rings. The van der Waals surface area contributed by atoms with Gasteiger partial charge in [0, 0.05) is 13.1 Å². The van der Waals surface area contributed by atoms with Crippen molar-refractivity contribution >= 4 is 17.7 Å². The molecular weight excluding hydrogens is 325 g/mol. The van der Waals surface area contributed by atoms with Crippen molar-refractivity contribution in [1.29, 1.82) is 0 Å². The molecule has 0 aliphatic rings. The second-order valence-corrected chi connectivity index (χ2v) is 5.75. The average Bonchev–Trinajstić information content (AvgIpc) is 2.57. The highest BCUT2D eigenvalue weighted by Crippen LogP contribution is 2.04. The van der Waals surface area contributed by atoms with Gasteiger partial charge in [0.1, 0.15) is 5.82 Å². The van der Waals surface area contributed by atoms with Crippen LogP contribution >= 0.6 is 0 Å². The van der Waals surface area contributed by atoms with E-state index in [9.17, 15) is 18.8 Å². The zero-order valence-electron chi connectivity index (χ0n) is 14.8. The topological polar surface area (TPSA) is 78.5 Å². The zero-order chi connectivity index (χ0) is 18.7. The summed E-state index contributed by atoms with van der Waals surface area (Å²) in [6.45, 7) is 4.66. The van der Waals surface area contributed by atoms with Crippen LogP contribution in [0.1, 0.15) is 32.3 Å². The van der Waals surface area contributed by atoms with Gasteiger partial charge in [-0.15, -0.1) is 0 Å². The molecule has 2 N–H and O–H groups in total. The molecule has 0 unspecified atom stereocenters. The van der Waals surface area contributed by atoms with E-state index in [4.69, 9.17) is 0 Å². The standard InChI is InChI=1S/C18H26FN3O3/c1-3-8-20-17(24)13-22(9-4-2)18(25)12-21-16(23)11-14-6-5-7-15(19)10-14/h5-7,10H,3-4,8-9,11-13H2,1-2H3,(H,20,24)(H,21,23). The van der Waals surface area contributed by atoms with Crippen molar-refractivity contribution in [2.45, 2.75) is 33.1 Å². The van der Waals surface area contributed by atoms with Crippen molar-refractivity contribution in [1.82, 2.24) is 15.5 Å². The average molecular weight is 351 g/mol. The molecule has 0 bridgehead atoms. The van der Waals surface area contributed by atoms with Crippen LogP contribution in [-0.2, 0) is 20.8 Å². The Morgan fingerprint density at radius 2 is 1.84 bits per heavy atom. The molecule has 0 atom stereocenters. The van der Waals surface area contributed by atoms with E-state index in [2.05, 4.69) is 10.6 Å². The van der Waals surface area contributed by atoms with Gasteiger partial charge >= 0.3 is 0 Å². The molecule has 7 heteroatoms. The third-order valence-corrected chi connectivity index (χ3v) is 3.44. The molecule has 6 nitrogen and oxygen atoms in total. The highest BCUT2D eigenvalue weighted by atomic mass is 19.1. The number of carbonyl (C=O) groups is 3. The van der Waals surface area contributed by atoms with Crippen LogP contribution in [0, 0.1) is 5.82 Å². The van der Waals surface area contributed by atoms with Crippen molar-refractivity contribution in [3.63, 3.8) is 0 Å². The van der Waals surface area contributed by atoms with Gasteiger partial charge in [-0.25, -0.2) is 4.39 Å². The Morgan fingerprint density at radius 1 is 1.08 bits per heavy atom. The lowest BCUT2D eigenvalue weighted by Gasteiger charge is -2.21. The molecule has 0 radical (unpaired) electrons. The summed E-state index contributed by atoms with van der Waals surface area (Å²) in [6, 6.07) is 5.76. The molecule has 0 aliphatic heterocycles. The molecule has 1 rings (SSSR count). The molecule has 3 amide bonds. The van der Waals surface area contributed by atoms with Crippen molar-refractivity contribution in [2.75, 3.05) is 26.2 Å². The second kappa shape index (κ2) is 11.2. The number of nitrogens with zero attached hydrogens (tertiary/aromatic N) is 1. The van der Waals surface area contributed by atoms with Gasteiger partial charge in [0.2, 0.25) is 17.7 Å². The molecule has 0 fully saturated rings. The molecule has 0 heterocycles. The molecule has 0 saturated carbocycles. The molecule has 25 heavy (non-hydrogen) atoms. The summed E-state index contributed by atoms with van der Waals surface area (Å²) in [4.78, 5) is 37.3. The number of hydrogen-bond donors (Lipinski definition) is 2. The Hall–Kier alpha value is -2.44. The SMILES string of the molecule is CCCNC(=O)CN(CCC)C(=O)CNC(=O)Cc1cccc(F)c1. The highest BCUT2D eigenvalue weighted by molar-refractivity contribution is 5.88. The van der Waals surface area contributed by atoms with Gasteiger partial charge in [-0.3, -0.25) is 14.4 Å². The minimum Gasteiger partial charge on any atom is -0.355 e. The maximum absolute atomic E-state index is 13.1. The third-order valence-electron chi connectivity index (χ3n) is 3.44. The summed E-state index contributed by atoms with van der Waals surface area (Å²) in [5, 5.41) is 5.24. The van der Waals surface area contributed by atoms with Gasteiger partial charge < -0.3 is 15.5 Å². The predicted molar refractivity (Wildman–Crippen MR) is 93.3 cm³/mol. The number of hydrogen-bond acceptors (Lipinski definition) is 3. The number of benzene rings is 1. The molecule has 138 valence electrons. The lowest BCUT2D eigenvalue weighted by atomic mass is 10.1. The molecular formula is C18H26FN3O3. The Balaban J connectivity index is 2.47. The number of carbonyl (C=O) groups excluding carboxylic acids is 3. The number of halogens is 1. The molecule has 0 aliphatic carbocycles. The van der Waals surface area contributed by atoms with Crippen LogP contribution in [0.25, 0.3) is 0 Å². The van der Waals surface area contributed by atoms with E-state index in [1.54, 1.807) is 6.07 Å². The first-order valence-electron chi connectivity index (χ1n) is 8.51. The largest absolute Gasteiger partial charge is 0.355 e. The number of rotatable bonds is 10. The van der Waals surface area contributed by atoms with Gasteiger partial charge in [-0.05, 0) is 30.5 Å². The van der Waals surface area contributed by atoms with E-state index in [1.165, 1.54) is 23.1 Å². The Kier molecular flexibility index (Phi) is 9.21. The van der Waals surface area contributed by atoms with E-state index in [0.717, 1.165) is 6.42 Å². The van der Waals surface area contributed by atoms with Crippen LogP contribution in [0.3, 0.4) is 0 Å². The van der Waals surface area contributed by atoms with Gasteiger partial charge in [0.15, 0.2) is 0 Å². The van der Waals surface area contributed by atoms with Gasteiger partial charge in [-0.1, -0.05) is 26.0 Å². The van der Waals surface area contributed by atoms with Crippen molar-refractivity contribution < 1.29 is 18.8 Å². The summed E-state index contributed by atoms with van der Waals surface area (Å²) in [5.74, 6) is -1.31. The maximum atomic E-state index is 13.1. The summed E-state index contributed by atoms with van der Waals surface area (Å²) in [6.07, 6.45) is 1.53. The summed E-state index contributed by atoms with van der Waals surface area (Å²) in [7, 11) is 0. The quantitative estimate of drug-likeness (QED) is 0.666. The Bertz CT molecular complexity index is 593. The van der Waals surface area contributed by atoms with E-state index < -0.39 is 5.82 Å². The van der Waals surface area contributed by atoms with Crippen molar-refractivity contribution in [2.24, 2.45) is 0 Å². The maximum Gasteiger partial charge on any atom is 0.242 e. The fourth-order valence-electron chi connectivity index (χ4n) is 2.24. The fourth-order valence-corrected chi connectivity index (χ4v) is 2.24. The van der Waals surface area contributed by atoms with Crippen LogP contribution in [0.5, 0.6) is 0 Å².